The van der Waals surface area contributed by atoms with E-state index in [9.17, 15) is 14.0 Å². The maximum absolute atomic E-state index is 14.2. The van der Waals surface area contributed by atoms with E-state index in [4.69, 9.17) is 28.3 Å². The Bertz CT molecular complexity index is 1020. The molecule has 0 atom stereocenters. The van der Waals surface area contributed by atoms with Crippen molar-refractivity contribution in [3.8, 4) is 0 Å². The molecule has 27 heavy (non-hydrogen) atoms. The second kappa shape index (κ2) is 7.87. The predicted molar refractivity (Wildman–Crippen MR) is 98.8 cm³/mol. The summed E-state index contributed by atoms with van der Waals surface area (Å²) in [5, 5.41) is 11.2. The fourth-order valence-electron chi connectivity index (χ4n) is 2.33. The first-order chi connectivity index (χ1) is 12.9. The summed E-state index contributed by atoms with van der Waals surface area (Å²) in [5.74, 6) is -2.15. The number of nitrogens with zero attached hydrogens (tertiary/aromatic N) is 1. The highest BCUT2D eigenvalue weighted by Crippen LogP contribution is 2.28. The first-order valence-electron chi connectivity index (χ1n) is 7.64. The number of aromatic nitrogens is 2. The van der Waals surface area contributed by atoms with Gasteiger partial charge in [-0.1, -0.05) is 23.2 Å². The molecule has 3 N–H and O–H groups in total. The lowest BCUT2D eigenvalue weighted by molar-refractivity contribution is 0.102. The molecule has 0 saturated carbocycles. The van der Waals surface area contributed by atoms with Crippen LogP contribution in [-0.4, -0.2) is 26.8 Å². The minimum absolute atomic E-state index is 0.0528. The molecular formula is C18H12Cl2FN3O3. The molecule has 0 aliphatic carbocycles. The Morgan fingerprint density at radius 3 is 2.59 bits per heavy atom. The third-order valence-electron chi connectivity index (χ3n) is 3.71. The van der Waals surface area contributed by atoms with Gasteiger partial charge in [-0.2, -0.15) is 0 Å². The van der Waals surface area contributed by atoms with Crippen LogP contribution in [0.15, 0.2) is 42.7 Å². The van der Waals surface area contributed by atoms with Gasteiger partial charge in [0.2, 0.25) is 0 Å². The lowest BCUT2D eigenvalue weighted by atomic mass is 10.0. The van der Waals surface area contributed by atoms with Gasteiger partial charge in [-0.3, -0.25) is 14.6 Å². The molecular weight excluding hydrogens is 396 g/mol. The fraction of sp³-hybridized carbons (Fsp3) is 0.0556. The second-order valence-corrected chi connectivity index (χ2v) is 6.31. The summed E-state index contributed by atoms with van der Waals surface area (Å²) >= 11 is 11.6. The minimum atomic E-state index is -0.920. The monoisotopic (exact) mass is 407 g/mol. The van der Waals surface area contributed by atoms with Crippen molar-refractivity contribution < 1.29 is 19.1 Å². The lowest BCUT2D eigenvalue weighted by Crippen LogP contribution is -2.12. The summed E-state index contributed by atoms with van der Waals surface area (Å²) in [5.41, 5.74) is 0.642. The zero-order valence-corrected chi connectivity index (χ0v) is 15.1. The number of amides is 1. The number of aliphatic hydroxyl groups is 1. The normalized spacial score (nSPS) is 10.7. The first-order valence-corrected chi connectivity index (χ1v) is 8.40. The Balaban J connectivity index is 1.80. The number of aromatic amines is 1. The number of carbonyl (C=O) groups excluding carboxylic acids is 2. The van der Waals surface area contributed by atoms with E-state index in [2.05, 4.69) is 15.3 Å². The zero-order valence-electron chi connectivity index (χ0n) is 13.6. The van der Waals surface area contributed by atoms with Gasteiger partial charge in [-0.25, -0.2) is 4.39 Å². The number of anilines is 1. The van der Waals surface area contributed by atoms with Gasteiger partial charge in [-0.15, -0.1) is 0 Å². The molecule has 9 heteroatoms. The quantitative estimate of drug-likeness (QED) is 0.442. The number of pyridine rings is 1. The topological polar surface area (TPSA) is 95.1 Å². The smallest absolute Gasteiger partial charge is 0.272 e. The number of hydrogen-bond donors (Lipinski definition) is 3. The average molecular weight is 408 g/mol. The van der Waals surface area contributed by atoms with Gasteiger partial charge in [0.25, 0.3) is 5.91 Å². The van der Waals surface area contributed by atoms with Crippen LogP contribution >= 0.6 is 23.2 Å². The molecule has 1 amide bonds. The molecule has 0 spiro atoms. The van der Waals surface area contributed by atoms with Gasteiger partial charge < -0.3 is 15.4 Å². The number of nitrogens with one attached hydrogen (secondary N) is 2. The second-order valence-electron chi connectivity index (χ2n) is 5.50. The van der Waals surface area contributed by atoms with Crippen LogP contribution in [-0.2, 0) is 6.61 Å². The Kier molecular flexibility index (Phi) is 5.55. The summed E-state index contributed by atoms with van der Waals surface area (Å²) < 4.78 is 14.2. The van der Waals surface area contributed by atoms with E-state index >= 15 is 0 Å². The van der Waals surface area contributed by atoms with Crippen molar-refractivity contribution in [3.05, 3.63) is 81.1 Å². The number of benzene rings is 1. The highest BCUT2D eigenvalue weighted by atomic mass is 35.5. The molecule has 0 aliphatic rings. The molecule has 1 aromatic carbocycles. The van der Waals surface area contributed by atoms with Crippen molar-refractivity contribution in [1.29, 1.82) is 0 Å². The highest BCUT2D eigenvalue weighted by molar-refractivity contribution is 6.37. The van der Waals surface area contributed by atoms with E-state index in [1.807, 2.05) is 0 Å². The third-order valence-corrected chi connectivity index (χ3v) is 4.31. The number of aliphatic hydroxyl groups excluding tert-OH is 1. The average Bonchev–Trinajstić information content (AvgIpc) is 3.16. The van der Waals surface area contributed by atoms with Crippen molar-refractivity contribution in [2.45, 2.75) is 6.61 Å². The Hall–Kier alpha value is -2.74. The Morgan fingerprint density at radius 1 is 1.19 bits per heavy atom. The van der Waals surface area contributed by atoms with E-state index in [-0.39, 0.29) is 33.5 Å². The third kappa shape index (κ3) is 4.00. The van der Waals surface area contributed by atoms with Crippen LogP contribution in [0.25, 0.3) is 0 Å². The maximum Gasteiger partial charge on any atom is 0.272 e. The van der Waals surface area contributed by atoms with Crippen molar-refractivity contribution >= 4 is 40.6 Å². The highest BCUT2D eigenvalue weighted by Gasteiger charge is 2.22. The molecule has 3 aromatic rings. The lowest BCUT2D eigenvalue weighted by Gasteiger charge is -2.05. The van der Waals surface area contributed by atoms with Crippen molar-refractivity contribution in [2.75, 3.05) is 5.32 Å². The molecule has 6 nitrogen and oxygen atoms in total. The summed E-state index contributed by atoms with van der Waals surface area (Å²) in [6.45, 7) is -0.209. The number of halogens is 3. The summed E-state index contributed by atoms with van der Waals surface area (Å²) in [6.07, 6.45) is 2.67. The van der Waals surface area contributed by atoms with E-state index in [0.29, 0.717) is 11.4 Å². The van der Waals surface area contributed by atoms with E-state index < -0.39 is 17.5 Å². The number of carbonyl (C=O) groups is 2. The van der Waals surface area contributed by atoms with Crippen molar-refractivity contribution in [3.63, 3.8) is 0 Å². The molecule has 3 rings (SSSR count). The largest absolute Gasteiger partial charge is 0.390 e. The van der Waals surface area contributed by atoms with Gasteiger partial charge in [0.15, 0.2) is 11.6 Å². The van der Waals surface area contributed by atoms with Crippen LogP contribution in [0.3, 0.4) is 0 Å². The van der Waals surface area contributed by atoms with Gasteiger partial charge in [0, 0.05) is 11.8 Å². The standard InChI is InChI=1S/C18H12Cl2FN3O3/c19-12-3-4-13(20)16(21)15(12)17(26)9-5-14(23-6-9)18(27)24-10-1-2-11(8-25)22-7-10/h1-7,23,25H,8H2,(H,24,27). The van der Waals surface area contributed by atoms with Crippen LogP contribution in [0.1, 0.15) is 32.1 Å². The number of H-pyrrole nitrogens is 1. The molecule has 0 radical (unpaired) electrons. The predicted octanol–water partition coefficient (Wildman–Crippen LogP) is 3.83. The molecule has 0 aliphatic heterocycles. The van der Waals surface area contributed by atoms with Crippen LogP contribution in [0.2, 0.25) is 10.0 Å². The molecule has 0 saturated heterocycles. The summed E-state index contributed by atoms with van der Waals surface area (Å²) in [6, 6.07) is 6.99. The zero-order chi connectivity index (χ0) is 19.6. The summed E-state index contributed by atoms with van der Waals surface area (Å²) in [4.78, 5) is 31.4. The van der Waals surface area contributed by atoms with E-state index in [0.717, 1.165) is 0 Å². The molecule has 2 heterocycles. The van der Waals surface area contributed by atoms with E-state index in [1.165, 1.54) is 30.6 Å². The SMILES string of the molecule is O=C(Nc1ccc(CO)nc1)c1cc(C(=O)c2c(Cl)ccc(Cl)c2F)c[nH]1. The molecule has 0 unspecified atom stereocenters. The van der Waals surface area contributed by atoms with Gasteiger partial charge >= 0.3 is 0 Å². The Morgan fingerprint density at radius 2 is 1.93 bits per heavy atom. The molecule has 0 bridgehead atoms. The van der Waals surface area contributed by atoms with Crippen LogP contribution in [0.4, 0.5) is 10.1 Å². The molecule has 0 fully saturated rings. The minimum Gasteiger partial charge on any atom is -0.390 e. The molecule has 138 valence electrons. The Labute approximate surface area is 163 Å². The fourth-order valence-corrected chi connectivity index (χ4v) is 2.72. The van der Waals surface area contributed by atoms with Gasteiger partial charge in [0.05, 0.1) is 39.8 Å². The van der Waals surface area contributed by atoms with E-state index in [1.54, 1.807) is 12.1 Å². The van der Waals surface area contributed by atoms with Crippen LogP contribution in [0, 0.1) is 5.82 Å². The van der Waals surface area contributed by atoms with Crippen molar-refractivity contribution in [1.82, 2.24) is 9.97 Å². The molecule has 2 aromatic heterocycles. The number of rotatable bonds is 5. The van der Waals surface area contributed by atoms with Crippen LogP contribution in [0.5, 0.6) is 0 Å². The number of ketones is 1. The summed E-state index contributed by atoms with van der Waals surface area (Å²) in [7, 11) is 0. The number of hydrogen-bond acceptors (Lipinski definition) is 4. The van der Waals surface area contributed by atoms with Crippen LogP contribution < -0.4 is 5.32 Å². The first kappa shape index (κ1) is 19.0. The van der Waals surface area contributed by atoms with Crippen molar-refractivity contribution in [2.24, 2.45) is 0 Å². The van der Waals surface area contributed by atoms with Gasteiger partial charge in [0.1, 0.15) is 5.69 Å². The van der Waals surface area contributed by atoms with Gasteiger partial charge in [-0.05, 0) is 30.3 Å². The maximum atomic E-state index is 14.2.